The van der Waals surface area contributed by atoms with E-state index in [2.05, 4.69) is 10.6 Å². The minimum Gasteiger partial charge on any atom is -0.492 e. The third-order valence-corrected chi connectivity index (χ3v) is 3.10. The lowest BCUT2D eigenvalue weighted by molar-refractivity contribution is -0.120. The molecule has 0 aliphatic heterocycles. The summed E-state index contributed by atoms with van der Waals surface area (Å²) in [5.41, 5.74) is 1.53. The van der Waals surface area contributed by atoms with E-state index < -0.39 is 5.91 Å². The molecule has 2 amide bonds. The van der Waals surface area contributed by atoms with Crippen LogP contribution >= 0.6 is 0 Å². The molecule has 0 bridgehead atoms. The molecular formula is C19H20N2O3. The van der Waals surface area contributed by atoms with Crippen molar-refractivity contribution in [2.45, 2.75) is 13.8 Å². The van der Waals surface area contributed by atoms with Gasteiger partial charge in [-0.05, 0) is 30.7 Å². The van der Waals surface area contributed by atoms with E-state index in [0.29, 0.717) is 18.0 Å². The Morgan fingerprint density at radius 3 is 2.38 bits per heavy atom. The fraction of sp³-hybridized carbons (Fsp3) is 0.158. The van der Waals surface area contributed by atoms with Crippen LogP contribution in [0.5, 0.6) is 5.75 Å². The summed E-state index contributed by atoms with van der Waals surface area (Å²) >= 11 is 0. The van der Waals surface area contributed by atoms with Gasteiger partial charge in [0.1, 0.15) is 11.4 Å². The van der Waals surface area contributed by atoms with E-state index in [4.69, 9.17) is 4.74 Å². The number of carbonyl (C=O) groups excluding carboxylic acids is 2. The van der Waals surface area contributed by atoms with E-state index in [1.54, 1.807) is 24.3 Å². The van der Waals surface area contributed by atoms with Crippen molar-refractivity contribution in [3.8, 4) is 5.75 Å². The number of hydrogen-bond acceptors (Lipinski definition) is 3. The molecule has 0 unspecified atom stereocenters. The Balaban J connectivity index is 2.26. The minimum absolute atomic E-state index is 0.167. The van der Waals surface area contributed by atoms with Crippen molar-refractivity contribution in [3.05, 3.63) is 65.9 Å². The van der Waals surface area contributed by atoms with Crippen molar-refractivity contribution in [1.29, 1.82) is 0 Å². The largest absolute Gasteiger partial charge is 0.492 e. The van der Waals surface area contributed by atoms with Gasteiger partial charge in [0.05, 0.1) is 12.3 Å². The van der Waals surface area contributed by atoms with Gasteiger partial charge in [0.2, 0.25) is 5.91 Å². The third-order valence-electron chi connectivity index (χ3n) is 3.10. The van der Waals surface area contributed by atoms with Gasteiger partial charge in [-0.15, -0.1) is 0 Å². The molecule has 0 aliphatic carbocycles. The predicted octanol–water partition coefficient (Wildman–Crippen LogP) is 3.20. The van der Waals surface area contributed by atoms with Gasteiger partial charge in [0.15, 0.2) is 0 Å². The zero-order valence-corrected chi connectivity index (χ0v) is 13.7. The lowest BCUT2D eigenvalue weighted by Crippen LogP contribution is -2.29. The summed E-state index contributed by atoms with van der Waals surface area (Å²) in [6, 6.07) is 16.5. The summed E-state index contributed by atoms with van der Waals surface area (Å²) in [4.78, 5) is 24.0. The molecule has 2 N–H and O–H groups in total. The fourth-order valence-electron chi connectivity index (χ4n) is 2.10. The highest BCUT2D eigenvalue weighted by Crippen LogP contribution is 2.24. The highest BCUT2D eigenvalue weighted by molar-refractivity contribution is 6.09. The monoisotopic (exact) mass is 324 g/mol. The topological polar surface area (TPSA) is 67.4 Å². The Morgan fingerprint density at radius 2 is 1.71 bits per heavy atom. The first kappa shape index (κ1) is 17.3. The van der Waals surface area contributed by atoms with Crippen molar-refractivity contribution in [1.82, 2.24) is 5.32 Å². The maximum absolute atomic E-state index is 12.6. The summed E-state index contributed by atoms with van der Waals surface area (Å²) in [6.45, 7) is 3.72. The first-order valence-electron chi connectivity index (χ1n) is 7.67. The zero-order chi connectivity index (χ0) is 17.4. The Hall–Kier alpha value is -3.08. The molecule has 124 valence electrons. The van der Waals surface area contributed by atoms with Gasteiger partial charge >= 0.3 is 0 Å². The number of rotatable bonds is 6. The van der Waals surface area contributed by atoms with Crippen LogP contribution in [0.4, 0.5) is 5.69 Å². The molecule has 0 fully saturated rings. The standard InChI is InChI=1S/C19H20N2O3/c1-3-24-18-12-8-7-11-16(18)21-19(23)17(20-14(2)22)13-15-9-5-4-6-10-15/h4-13H,3H2,1-2H3,(H,20,22)(H,21,23). The Morgan fingerprint density at radius 1 is 1.04 bits per heavy atom. The van der Waals surface area contributed by atoms with E-state index in [0.717, 1.165) is 5.56 Å². The van der Waals surface area contributed by atoms with Gasteiger partial charge in [0, 0.05) is 6.92 Å². The molecule has 0 saturated carbocycles. The molecule has 0 saturated heterocycles. The maximum Gasteiger partial charge on any atom is 0.272 e. The number of hydrogen-bond donors (Lipinski definition) is 2. The van der Waals surface area contributed by atoms with E-state index in [1.807, 2.05) is 43.3 Å². The number of carbonyl (C=O) groups is 2. The molecule has 2 rings (SSSR count). The predicted molar refractivity (Wildman–Crippen MR) is 94.5 cm³/mol. The maximum atomic E-state index is 12.6. The van der Waals surface area contributed by atoms with E-state index in [-0.39, 0.29) is 11.6 Å². The molecule has 0 spiro atoms. The smallest absolute Gasteiger partial charge is 0.272 e. The van der Waals surface area contributed by atoms with Gasteiger partial charge in [-0.25, -0.2) is 0 Å². The van der Waals surface area contributed by atoms with Gasteiger partial charge < -0.3 is 15.4 Å². The summed E-state index contributed by atoms with van der Waals surface area (Å²) < 4.78 is 5.50. The number of ether oxygens (including phenoxy) is 1. The van der Waals surface area contributed by atoms with Crippen LogP contribution in [-0.4, -0.2) is 18.4 Å². The lowest BCUT2D eigenvalue weighted by Gasteiger charge is -2.13. The lowest BCUT2D eigenvalue weighted by atomic mass is 10.2. The molecule has 0 heterocycles. The average molecular weight is 324 g/mol. The second kappa shape index (κ2) is 8.53. The van der Waals surface area contributed by atoms with Crippen molar-refractivity contribution in [2.24, 2.45) is 0 Å². The molecule has 5 nitrogen and oxygen atoms in total. The molecule has 5 heteroatoms. The van der Waals surface area contributed by atoms with E-state index in [1.165, 1.54) is 6.92 Å². The van der Waals surface area contributed by atoms with Crippen LogP contribution < -0.4 is 15.4 Å². The van der Waals surface area contributed by atoms with E-state index in [9.17, 15) is 9.59 Å². The highest BCUT2D eigenvalue weighted by Gasteiger charge is 2.13. The third kappa shape index (κ3) is 4.98. The number of amides is 2. The summed E-state index contributed by atoms with van der Waals surface area (Å²) in [7, 11) is 0. The first-order valence-corrected chi connectivity index (χ1v) is 7.67. The fourth-order valence-corrected chi connectivity index (χ4v) is 2.10. The SMILES string of the molecule is CCOc1ccccc1NC(=O)C(=Cc1ccccc1)NC(C)=O. The number of nitrogens with one attached hydrogen (secondary N) is 2. The van der Waals surface area contributed by atoms with Crippen LogP contribution in [0.25, 0.3) is 6.08 Å². The van der Waals surface area contributed by atoms with Gasteiger partial charge in [0.25, 0.3) is 5.91 Å². The second-order valence-corrected chi connectivity index (χ2v) is 5.03. The average Bonchev–Trinajstić information content (AvgIpc) is 2.57. The Bertz CT molecular complexity index is 739. The Labute approximate surface area is 141 Å². The van der Waals surface area contributed by atoms with Gasteiger partial charge in [-0.1, -0.05) is 42.5 Å². The number of anilines is 1. The number of para-hydroxylation sites is 2. The molecule has 2 aromatic rings. The summed E-state index contributed by atoms with van der Waals surface area (Å²) in [5, 5.41) is 5.34. The van der Waals surface area contributed by atoms with Gasteiger partial charge in [-0.3, -0.25) is 9.59 Å². The first-order chi connectivity index (χ1) is 11.6. The molecule has 0 atom stereocenters. The van der Waals surface area contributed by atoms with Crippen LogP contribution in [-0.2, 0) is 9.59 Å². The normalized spacial score (nSPS) is 10.8. The van der Waals surface area contributed by atoms with E-state index >= 15 is 0 Å². The molecule has 0 aromatic heterocycles. The molecule has 2 aromatic carbocycles. The highest BCUT2D eigenvalue weighted by atomic mass is 16.5. The molecule has 0 radical (unpaired) electrons. The molecule has 0 aliphatic rings. The number of benzene rings is 2. The molecular weight excluding hydrogens is 304 g/mol. The van der Waals surface area contributed by atoms with Crippen LogP contribution in [0.2, 0.25) is 0 Å². The summed E-state index contributed by atoms with van der Waals surface area (Å²) in [5.74, 6) is -0.151. The quantitative estimate of drug-likeness (QED) is 0.802. The van der Waals surface area contributed by atoms with Gasteiger partial charge in [-0.2, -0.15) is 0 Å². The zero-order valence-electron chi connectivity index (χ0n) is 13.7. The second-order valence-electron chi connectivity index (χ2n) is 5.03. The van der Waals surface area contributed by atoms with Crippen LogP contribution in [0.3, 0.4) is 0 Å². The van der Waals surface area contributed by atoms with Crippen LogP contribution in [0.15, 0.2) is 60.3 Å². The van der Waals surface area contributed by atoms with Crippen LogP contribution in [0.1, 0.15) is 19.4 Å². The van der Waals surface area contributed by atoms with Crippen molar-refractivity contribution in [3.63, 3.8) is 0 Å². The van der Waals surface area contributed by atoms with Crippen molar-refractivity contribution < 1.29 is 14.3 Å². The summed E-state index contributed by atoms with van der Waals surface area (Å²) in [6.07, 6.45) is 1.63. The van der Waals surface area contributed by atoms with Crippen molar-refractivity contribution in [2.75, 3.05) is 11.9 Å². The molecule has 24 heavy (non-hydrogen) atoms. The van der Waals surface area contributed by atoms with Crippen LogP contribution in [0, 0.1) is 0 Å². The minimum atomic E-state index is -0.416. The van der Waals surface area contributed by atoms with Crippen molar-refractivity contribution >= 4 is 23.6 Å². The Kier molecular flexibility index (Phi) is 6.14.